The van der Waals surface area contributed by atoms with E-state index in [-0.39, 0.29) is 0 Å². The van der Waals surface area contributed by atoms with Crippen LogP contribution in [0.15, 0.2) is 18.2 Å². The van der Waals surface area contributed by atoms with Gasteiger partial charge in [-0.25, -0.2) is 0 Å². The van der Waals surface area contributed by atoms with E-state index >= 15 is 0 Å². The van der Waals surface area contributed by atoms with Crippen LogP contribution in [0.2, 0.25) is 6.82 Å². The van der Waals surface area contributed by atoms with Crippen LogP contribution >= 0.6 is 19.8 Å². The van der Waals surface area contributed by atoms with E-state index in [2.05, 4.69) is 0 Å². The topological polar surface area (TPSA) is 20.2 Å². The molecule has 6 heteroatoms. The average molecular weight is 386 g/mol. The zero-order valence-corrected chi connectivity index (χ0v) is 13.5. The fraction of sp³-hybridized carbons (Fsp3) is 0.538. The van der Waals surface area contributed by atoms with Crippen molar-refractivity contribution in [2.24, 2.45) is 0 Å². The standard InChI is InChI=1S/C13H19BF3IO/c1-4-5-12(19)18(3)11-7-6-9(14-2)8-10(11)13(15,16)17/h6-8,12,14,19H,4-5H2,1-3H3. The molecule has 0 spiro atoms. The predicted octanol–water partition coefficient (Wildman–Crippen LogP) is 3.24. The fourth-order valence-electron chi connectivity index (χ4n) is 1.81. The Hall–Kier alpha value is -0.235. The van der Waals surface area contributed by atoms with Crippen molar-refractivity contribution in [3.63, 3.8) is 0 Å². The van der Waals surface area contributed by atoms with Crippen molar-refractivity contribution < 1.29 is 18.3 Å². The first-order valence-corrected chi connectivity index (χ1v) is 10.8. The van der Waals surface area contributed by atoms with Gasteiger partial charge < -0.3 is 0 Å². The van der Waals surface area contributed by atoms with Crippen LogP contribution in [0.1, 0.15) is 25.3 Å². The van der Waals surface area contributed by atoms with Crippen LogP contribution < -0.4 is 5.46 Å². The summed E-state index contributed by atoms with van der Waals surface area (Å²) in [5.41, 5.74) is 0.139. The molecule has 0 radical (unpaired) electrons. The van der Waals surface area contributed by atoms with Crippen molar-refractivity contribution in [3.05, 3.63) is 27.3 Å². The first kappa shape index (κ1) is 16.8. The molecule has 0 fully saturated rings. The molecule has 1 atom stereocenters. The van der Waals surface area contributed by atoms with Gasteiger partial charge in [0.1, 0.15) is 0 Å². The van der Waals surface area contributed by atoms with Gasteiger partial charge in [0.25, 0.3) is 0 Å². The van der Waals surface area contributed by atoms with Gasteiger partial charge >= 0.3 is 120 Å². The van der Waals surface area contributed by atoms with Gasteiger partial charge in [-0.3, -0.25) is 0 Å². The molecule has 1 N–H and O–H groups in total. The van der Waals surface area contributed by atoms with Crippen molar-refractivity contribution in [2.45, 2.75) is 36.9 Å². The molecule has 0 aromatic heterocycles. The van der Waals surface area contributed by atoms with Crippen molar-refractivity contribution in [1.29, 1.82) is 0 Å². The Bertz CT molecular complexity index is 423. The van der Waals surface area contributed by atoms with Crippen LogP contribution in [-0.4, -0.2) is 21.4 Å². The molecule has 0 aliphatic carbocycles. The monoisotopic (exact) mass is 386 g/mol. The third kappa shape index (κ3) is 4.38. The van der Waals surface area contributed by atoms with Gasteiger partial charge in [0.05, 0.1) is 0 Å². The quantitative estimate of drug-likeness (QED) is 0.468. The maximum absolute atomic E-state index is 13.1. The van der Waals surface area contributed by atoms with Crippen molar-refractivity contribution in [1.82, 2.24) is 0 Å². The van der Waals surface area contributed by atoms with Crippen LogP contribution in [0.5, 0.6) is 0 Å². The normalized spacial score (nSPS) is 14.2. The van der Waals surface area contributed by atoms with Crippen molar-refractivity contribution in [2.75, 3.05) is 4.93 Å². The Morgan fingerprint density at radius 1 is 1.37 bits per heavy atom. The second-order valence-corrected chi connectivity index (χ2v) is 9.95. The van der Waals surface area contributed by atoms with Gasteiger partial charge in [-0.05, 0) is 0 Å². The summed E-state index contributed by atoms with van der Waals surface area (Å²) in [5.74, 6) is 0. The number of halogens is 4. The van der Waals surface area contributed by atoms with Crippen LogP contribution in [0.3, 0.4) is 0 Å². The summed E-state index contributed by atoms with van der Waals surface area (Å²) in [4.78, 5) is 1.81. The number of rotatable bonds is 5. The molecule has 108 valence electrons. The molecule has 1 unspecified atom stereocenters. The zero-order chi connectivity index (χ0) is 14.6. The number of aliphatic hydroxyl groups is 1. The summed E-state index contributed by atoms with van der Waals surface area (Å²) in [6.07, 6.45) is -2.97. The number of hydrogen-bond acceptors (Lipinski definition) is 1. The Morgan fingerprint density at radius 2 is 2.00 bits per heavy atom. The van der Waals surface area contributed by atoms with Crippen molar-refractivity contribution >= 4 is 32.6 Å². The van der Waals surface area contributed by atoms with Crippen LogP contribution in [-0.2, 0) is 6.18 Å². The number of alkyl halides is 5. The molecule has 19 heavy (non-hydrogen) atoms. The molecule has 0 saturated carbocycles. The SMILES string of the molecule is CBc1ccc(I(C)C(O)CCC)c(C(F)(F)F)c1. The fourth-order valence-corrected chi connectivity index (χ4v) is 6.26. The first-order valence-electron chi connectivity index (χ1n) is 6.27. The average Bonchev–Trinajstić information content (AvgIpc) is 2.36. The number of benzene rings is 1. The summed E-state index contributed by atoms with van der Waals surface area (Å²) in [6.45, 7) is 3.77. The Balaban J connectivity index is 3.19. The molecule has 1 aromatic rings. The van der Waals surface area contributed by atoms with Gasteiger partial charge in [0, 0.05) is 0 Å². The van der Waals surface area contributed by atoms with E-state index in [1.165, 1.54) is 6.07 Å². The van der Waals surface area contributed by atoms with E-state index in [0.717, 1.165) is 6.42 Å². The van der Waals surface area contributed by atoms with Crippen LogP contribution in [0.4, 0.5) is 13.2 Å². The molecule has 0 bridgehead atoms. The first-order chi connectivity index (χ1) is 8.81. The minimum absolute atomic E-state index is 0.342. The summed E-state index contributed by atoms with van der Waals surface area (Å²) in [5, 5.41) is 9.99. The molecule has 1 aromatic carbocycles. The second kappa shape index (κ2) is 6.97. The van der Waals surface area contributed by atoms with E-state index in [9.17, 15) is 18.3 Å². The summed E-state index contributed by atoms with van der Waals surface area (Å²) >= 11 is -2.20. The van der Waals surface area contributed by atoms with Crippen LogP contribution in [0, 0.1) is 3.57 Å². The van der Waals surface area contributed by atoms with Gasteiger partial charge in [0.15, 0.2) is 0 Å². The zero-order valence-electron chi connectivity index (χ0n) is 11.4. The number of aliphatic hydroxyl groups excluding tert-OH is 1. The van der Waals surface area contributed by atoms with E-state index in [4.69, 9.17) is 0 Å². The molecule has 0 amide bonds. The molecular formula is C13H19BF3IO. The molecule has 0 aliphatic heterocycles. The molecule has 0 aliphatic rings. The van der Waals surface area contributed by atoms with E-state index in [1.807, 2.05) is 13.7 Å². The third-order valence-corrected chi connectivity index (χ3v) is 8.52. The summed E-state index contributed by atoms with van der Waals surface area (Å²) in [7, 11) is 0.582. The molecular weight excluding hydrogens is 367 g/mol. The molecule has 0 heterocycles. The second-order valence-electron chi connectivity index (χ2n) is 4.40. The summed E-state index contributed by atoms with van der Waals surface area (Å²) < 4.78 is 39.1. The Kier molecular flexibility index (Phi) is 6.17. The Labute approximate surface area is 120 Å². The van der Waals surface area contributed by atoms with E-state index in [0.29, 0.717) is 22.7 Å². The third-order valence-electron chi connectivity index (χ3n) is 2.97. The van der Waals surface area contributed by atoms with Crippen molar-refractivity contribution in [3.8, 4) is 0 Å². The molecule has 0 saturated heterocycles. The number of hydrogen-bond donors (Lipinski definition) is 1. The maximum atomic E-state index is 13.1. The van der Waals surface area contributed by atoms with Gasteiger partial charge in [-0.2, -0.15) is 0 Å². The minimum atomic E-state index is -4.34. The predicted molar refractivity (Wildman–Crippen MR) is 83.6 cm³/mol. The van der Waals surface area contributed by atoms with Gasteiger partial charge in [-0.1, -0.05) is 0 Å². The molecule has 1 nitrogen and oxygen atoms in total. The Morgan fingerprint density at radius 3 is 2.47 bits per heavy atom. The summed E-state index contributed by atoms with van der Waals surface area (Å²) in [6, 6.07) is 4.56. The molecule has 1 rings (SSSR count). The van der Waals surface area contributed by atoms with Crippen LogP contribution in [0.25, 0.3) is 0 Å². The van der Waals surface area contributed by atoms with Gasteiger partial charge in [-0.15, -0.1) is 0 Å². The van der Waals surface area contributed by atoms with E-state index < -0.39 is 35.7 Å². The van der Waals surface area contributed by atoms with Gasteiger partial charge in [0.2, 0.25) is 0 Å². The van der Waals surface area contributed by atoms with E-state index in [1.54, 1.807) is 17.1 Å².